The maximum absolute atomic E-state index is 12.4. The minimum absolute atomic E-state index is 0.00444. The summed E-state index contributed by atoms with van der Waals surface area (Å²) in [5.74, 6) is -1.42. The lowest BCUT2D eigenvalue weighted by molar-refractivity contribution is -0.128. The van der Waals surface area contributed by atoms with Crippen LogP contribution in [0.1, 0.15) is 48.7 Å². The summed E-state index contributed by atoms with van der Waals surface area (Å²) in [5.41, 5.74) is 1.78. The molecule has 3 rings (SSSR count). The van der Waals surface area contributed by atoms with E-state index in [4.69, 9.17) is 5.11 Å². The molecule has 2 aromatic rings. The monoisotopic (exact) mass is 384 g/mol. The summed E-state index contributed by atoms with van der Waals surface area (Å²) in [6.45, 7) is 3.32. The molecular formula is C20H24N4O4. The van der Waals surface area contributed by atoms with Crippen molar-refractivity contribution in [1.29, 1.82) is 0 Å². The van der Waals surface area contributed by atoms with Crippen molar-refractivity contribution >= 4 is 23.5 Å². The molecule has 1 aliphatic rings. The first-order valence-corrected chi connectivity index (χ1v) is 9.36. The lowest BCUT2D eigenvalue weighted by atomic mass is 10.1. The van der Waals surface area contributed by atoms with E-state index in [1.165, 1.54) is 10.9 Å². The number of carboxylic acids is 1. The number of anilines is 1. The highest BCUT2D eigenvalue weighted by atomic mass is 16.4. The number of carbonyl (C=O) groups excluding carboxylic acids is 2. The van der Waals surface area contributed by atoms with Gasteiger partial charge in [0.2, 0.25) is 11.8 Å². The van der Waals surface area contributed by atoms with Gasteiger partial charge < -0.3 is 15.7 Å². The maximum Gasteiger partial charge on any atom is 0.339 e. The molecule has 8 heteroatoms. The molecule has 0 aliphatic heterocycles. The Morgan fingerprint density at radius 1 is 1.25 bits per heavy atom. The standard InChI is InChI=1S/C20H24N4O4/c1-12(22-19(26)14-6-3-4-7-14)18(25)23-15-8-5-9-16(10-15)24-13(2)17(11-21-24)20(27)28/h5,8-12,14H,3-4,6-7H2,1-2H3,(H,22,26)(H,23,25)(H,27,28). The second-order valence-electron chi connectivity index (χ2n) is 7.11. The molecule has 148 valence electrons. The summed E-state index contributed by atoms with van der Waals surface area (Å²) in [7, 11) is 0. The largest absolute Gasteiger partial charge is 0.478 e. The van der Waals surface area contributed by atoms with Gasteiger partial charge in [0, 0.05) is 11.6 Å². The van der Waals surface area contributed by atoms with Gasteiger partial charge in [-0.1, -0.05) is 18.9 Å². The van der Waals surface area contributed by atoms with Crippen molar-refractivity contribution in [2.45, 2.75) is 45.6 Å². The highest BCUT2D eigenvalue weighted by molar-refractivity contribution is 5.97. The number of carbonyl (C=O) groups is 3. The zero-order chi connectivity index (χ0) is 20.3. The van der Waals surface area contributed by atoms with Crippen LogP contribution in [0.4, 0.5) is 5.69 Å². The number of nitrogens with one attached hydrogen (secondary N) is 2. The zero-order valence-corrected chi connectivity index (χ0v) is 15.9. The molecule has 28 heavy (non-hydrogen) atoms. The van der Waals surface area contributed by atoms with Crippen molar-refractivity contribution in [3.63, 3.8) is 0 Å². The van der Waals surface area contributed by atoms with Gasteiger partial charge in [-0.2, -0.15) is 5.10 Å². The first-order chi connectivity index (χ1) is 13.4. The Hall–Kier alpha value is -3.16. The average molecular weight is 384 g/mol. The van der Waals surface area contributed by atoms with Crippen molar-refractivity contribution in [2.75, 3.05) is 5.32 Å². The molecule has 2 amide bonds. The third-order valence-corrected chi connectivity index (χ3v) is 5.08. The summed E-state index contributed by atoms with van der Waals surface area (Å²) >= 11 is 0. The first kappa shape index (κ1) is 19.6. The van der Waals surface area contributed by atoms with E-state index in [1.54, 1.807) is 38.1 Å². The van der Waals surface area contributed by atoms with E-state index in [1.807, 2.05) is 0 Å². The van der Waals surface area contributed by atoms with Crippen LogP contribution in [0, 0.1) is 12.8 Å². The number of nitrogens with zero attached hydrogens (tertiary/aromatic N) is 2. The molecule has 1 heterocycles. The summed E-state index contributed by atoms with van der Waals surface area (Å²) in [5, 5.41) is 18.8. The lowest BCUT2D eigenvalue weighted by Crippen LogP contribution is -2.43. The Balaban J connectivity index is 1.67. The number of rotatable bonds is 6. The van der Waals surface area contributed by atoms with Crippen LogP contribution in [0.25, 0.3) is 5.69 Å². The molecule has 1 aromatic carbocycles. The highest BCUT2D eigenvalue weighted by Crippen LogP contribution is 2.25. The summed E-state index contributed by atoms with van der Waals surface area (Å²) in [6.07, 6.45) is 5.17. The van der Waals surface area contributed by atoms with Crippen LogP contribution in [0.3, 0.4) is 0 Å². The van der Waals surface area contributed by atoms with Crippen LogP contribution in [0.5, 0.6) is 0 Å². The summed E-state index contributed by atoms with van der Waals surface area (Å²) in [4.78, 5) is 35.8. The van der Waals surface area contributed by atoms with Crippen LogP contribution in [0.2, 0.25) is 0 Å². The Morgan fingerprint density at radius 3 is 2.61 bits per heavy atom. The van der Waals surface area contributed by atoms with Gasteiger partial charge >= 0.3 is 5.97 Å². The molecule has 1 aliphatic carbocycles. The van der Waals surface area contributed by atoms with E-state index in [0.717, 1.165) is 25.7 Å². The van der Waals surface area contributed by atoms with E-state index in [9.17, 15) is 14.4 Å². The van der Waals surface area contributed by atoms with Crippen LogP contribution < -0.4 is 10.6 Å². The summed E-state index contributed by atoms with van der Waals surface area (Å²) in [6, 6.07) is 6.29. The molecule has 3 N–H and O–H groups in total. The minimum Gasteiger partial charge on any atom is -0.478 e. The number of hydrogen-bond donors (Lipinski definition) is 3. The van der Waals surface area contributed by atoms with E-state index < -0.39 is 12.0 Å². The molecule has 0 saturated heterocycles. The van der Waals surface area contributed by atoms with Gasteiger partial charge in [-0.05, 0) is 44.9 Å². The van der Waals surface area contributed by atoms with Gasteiger partial charge in [0.25, 0.3) is 0 Å². The van der Waals surface area contributed by atoms with Crippen molar-refractivity contribution in [3.8, 4) is 5.69 Å². The average Bonchev–Trinajstić information content (AvgIpc) is 3.31. The van der Waals surface area contributed by atoms with Crippen molar-refractivity contribution in [1.82, 2.24) is 15.1 Å². The second-order valence-corrected chi connectivity index (χ2v) is 7.11. The number of amides is 2. The smallest absolute Gasteiger partial charge is 0.339 e. The van der Waals surface area contributed by atoms with Gasteiger partial charge in [-0.15, -0.1) is 0 Å². The normalized spacial score (nSPS) is 15.2. The molecule has 0 spiro atoms. The van der Waals surface area contributed by atoms with Crippen LogP contribution >= 0.6 is 0 Å². The molecule has 8 nitrogen and oxygen atoms in total. The second kappa shape index (κ2) is 8.24. The minimum atomic E-state index is -1.04. The van der Waals surface area contributed by atoms with E-state index in [0.29, 0.717) is 17.1 Å². The molecule has 1 aromatic heterocycles. The fourth-order valence-corrected chi connectivity index (χ4v) is 3.43. The predicted molar refractivity (Wildman–Crippen MR) is 103 cm³/mol. The predicted octanol–water partition coefficient (Wildman–Crippen LogP) is 2.51. The van der Waals surface area contributed by atoms with E-state index in [2.05, 4.69) is 15.7 Å². The van der Waals surface area contributed by atoms with Crippen molar-refractivity contribution in [2.24, 2.45) is 5.92 Å². The maximum atomic E-state index is 12.4. The molecule has 1 fully saturated rings. The van der Waals surface area contributed by atoms with E-state index in [-0.39, 0.29) is 23.3 Å². The SMILES string of the molecule is Cc1c(C(=O)O)cnn1-c1cccc(NC(=O)C(C)NC(=O)C2CCCC2)c1. The summed E-state index contributed by atoms with van der Waals surface area (Å²) < 4.78 is 1.50. The quantitative estimate of drug-likeness (QED) is 0.708. The fourth-order valence-electron chi connectivity index (χ4n) is 3.43. The third kappa shape index (κ3) is 4.21. The van der Waals surface area contributed by atoms with Gasteiger partial charge in [0.1, 0.15) is 11.6 Å². The van der Waals surface area contributed by atoms with E-state index >= 15 is 0 Å². The van der Waals surface area contributed by atoms with Crippen LogP contribution in [-0.4, -0.2) is 38.7 Å². The molecule has 0 radical (unpaired) electrons. The third-order valence-electron chi connectivity index (χ3n) is 5.08. The van der Waals surface area contributed by atoms with Gasteiger partial charge in [0.05, 0.1) is 17.6 Å². The molecule has 1 unspecified atom stereocenters. The Bertz CT molecular complexity index is 899. The fraction of sp³-hybridized carbons (Fsp3) is 0.400. The Morgan fingerprint density at radius 2 is 1.96 bits per heavy atom. The van der Waals surface area contributed by atoms with Crippen molar-refractivity contribution in [3.05, 3.63) is 41.7 Å². The lowest BCUT2D eigenvalue weighted by Gasteiger charge is -2.17. The van der Waals surface area contributed by atoms with Gasteiger partial charge in [-0.3, -0.25) is 9.59 Å². The molecule has 0 bridgehead atoms. The molecule has 1 saturated carbocycles. The Kier molecular flexibility index (Phi) is 5.77. The number of aromatic nitrogens is 2. The number of benzene rings is 1. The number of aromatic carboxylic acids is 1. The topological polar surface area (TPSA) is 113 Å². The van der Waals surface area contributed by atoms with Gasteiger partial charge in [0.15, 0.2) is 0 Å². The molecule has 1 atom stereocenters. The highest BCUT2D eigenvalue weighted by Gasteiger charge is 2.25. The van der Waals surface area contributed by atoms with Gasteiger partial charge in [-0.25, -0.2) is 9.48 Å². The number of carboxylic acid groups (broad SMARTS) is 1. The number of hydrogen-bond acceptors (Lipinski definition) is 4. The van der Waals surface area contributed by atoms with Crippen LogP contribution in [0.15, 0.2) is 30.5 Å². The molecular weight excluding hydrogens is 360 g/mol. The Labute approximate surface area is 162 Å². The zero-order valence-electron chi connectivity index (χ0n) is 15.9. The first-order valence-electron chi connectivity index (χ1n) is 9.36. The van der Waals surface area contributed by atoms with Crippen LogP contribution in [-0.2, 0) is 9.59 Å². The van der Waals surface area contributed by atoms with Crippen molar-refractivity contribution < 1.29 is 19.5 Å².